The standard InChI is InChI=1S/C23H27N5O6S/c1-13(2)9-14-10-21(26-25-14)24-16-12-19-15(11-20(16)33-5)23(27-34-19)28-35(29,30)22-17(31-3)7-6-8-18(22)32-4/h6-8,10-13H,9H2,1-5H3,(H,27,28)(H2,24,25,26). The Bertz CT molecular complexity index is 1420. The molecule has 0 aliphatic carbocycles. The molecule has 12 heteroatoms. The van der Waals surface area contributed by atoms with Crippen LogP contribution < -0.4 is 24.2 Å². The molecule has 11 nitrogen and oxygen atoms in total. The molecular weight excluding hydrogens is 474 g/mol. The molecule has 0 bridgehead atoms. The lowest BCUT2D eigenvalue weighted by Gasteiger charge is -2.14. The molecule has 0 fully saturated rings. The van der Waals surface area contributed by atoms with E-state index in [0.717, 1.165) is 12.1 Å². The van der Waals surface area contributed by atoms with Crippen LogP contribution in [0.2, 0.25) is 0 Å². The first kappa shape index (κ1) is 24.2. The van der Waals surface area contributed by atoms with Gasteiger partial charge in [-0.1, -0.05) is 25.1 Å². The molecule has 0 spiro atoms. The number of benzene rings is 2. The van der Waals surface area contributed by atoms with Crippen LogP contribution in [0.3, 0.4) is 0 Å². The summed E-state index contributed by atoms with van der Waals surface area (Å²) in [6.45, 7) is 4.26. The number of sulfonamides is 1. The maximum absolute atomic E-state index is 13.2. The van der Waals surface area contributed by atoms with Crippen molar-refractivity contribution >= 4 is 38.3 Å². The quantitative estimate of drug-likeness (QED) is 0.290. The largest absolute Gasteiger partial charge is 0.495 e. The van der Waals surface area contributed by atoms with Crippen LogP contribution in [0.25, 0.3) is 11.0 Å². The number of aromatic amines is 1. The van der Waals surface area contributed by atoms with Crippen LogP contribution in [0, 0.1) is 5.92 Å². The summed E-state index contributed by atoms with van der Waals surface area (Å²) in [5, 5.41) is 14.8. The summed E-state index contributed by atoms with van der Waals surface area (Å²) in [5.74, 6) is 1.80. The number of nitrogens with one attached hydrogen (secondary N) is 3. The molecule has 0 aliphatic rings. The third-order valence-corrected chi connectivity index (χ3v) is 6.60. The first-order valence-electron chi connectivity index (χ1n) is 10.8. The molecule has 0 saturated heterocycles. The summed E-state index contributed by atoms with van der Waals surface area (Å²) in [5.41, 5.74) is 1.93. The number of methoxy groups -OCH3 is 3. The minimum atomic E-state index is -4.14. The van der Waals surface area contributed by atoms with E-state index in [1.54, 1.807) is 18.2 Å². The van der Waals surface area contributed by atoms with Crippen molar-refractivity contribution in [2.45, 2.75) is 25.2 Å². The summed E-state index contributed by atoms with van der Waals surface area (Å²) in [6, 6.07) is 9.91. The van der Waals surface area contributed by atoms with Gasteiger partial charge < -0.3 is 24.1 Å². The molecule has 2 heterocycles. The van der Waals surface area contributed by atoms with Crippen LogP contribution in [-0.2, 0) is 16.4 Å². The number of hydrogen-bond donors (Lipinski definition) is 3. The second-order valence-corrected chi connectivity index (χ2v) is 9.80. The number of ether oxygens (including phenoxy) is 3. The van der Waals surface area contributed by atoms with Crippen LogP contribution >= 0.6 is 0 Å². The van der Waals surface area contributed by atoms with Crippen LogP contribution in [0.15, 0.2) is 45.8 Å². The van der Waals surface area contributed by atoms with Crippen molar-refractivity contribution in [3.05, 3.63) is 42.1 Å². The summed E-state index contributed by atoms with van der Waals surface area (Å²) in [7, 11) is 0.131. The Morgan fingerprint density at radius 1 is 1.03 bits per heavy atom. The van der Waals surface area contributed by atoms with Gasteiger partial charge in [0.2, 0.25) is 0 Å². The van der Waals surface area contributed by atoms with Crippen LogP contribution in [-0.4, -0.2) is 45.1 Å². The summed E-state index contributed by atoms with van der Waals surface area (Å²) >= 11 is 0. The predicted molar refractivity (Wildman–Crippen MR) is 131 cm³/mol. The number of rotatable bonds is 10. The van der Waals surface area contributed by atoms with E-state index >= 15 is 0 Å². The van der Waals surface area contributed by atoms with Gasteiger partial charge in [-0.25, -0.2) is 8.42 Å². The maximum Gasteiger partial charge on any atom is 0.270 e. The lowest BCUT2D eigenvalue weighted by Crippen LogP contribution is -2.15. The molecule has 4 rings (SSSR count). The van der Waals surface area contributed by atoms with Gasteiger partial charge in [0.1, 0.15) is 17.2 Å². The molecule has 2 aromatic carbocycles. The highest BCUT2D eigenvalue weighted by Gasteiger charge is 2.27. The van der Waals surface area contributed by atoms with Crippen molar-refractivity contribution in [1.29, 1.82) is 0 Å². The normalized spacial score (nSPS) is 11.6. The third-order valence-electron chi connectivity index (χ3n) is 5.20. The maximum atomic E-state index is 13.2. The highest BCUT2D eigenvalue weighted by atomic mass is 32.2. The van der Waals surface area contributed by atoms with Gasteiger partial charge in [0, 0.05) is 17.8 Å². The Morgan fingerprint density at radius 2 is 1.71 bits per heavy atom. The monoisotopic (exact) mass is 501 g/mol. The Balaban J connectivity index is 1.67. The summed E-state index contributed by atoms with van der Waals surface area (Å²) in [4.78, 5) is -0.151. The van der Waals surface area contributed by atoms with Gasteiger partial charge in [0.15, 0.2) is 22.1 Å². The molecule has 35 heavy (non-hydrogen) atoms. The minimum Gasteiger partial charge on any atom is -0.495 e. The molecule has 4 aromatic rings. The fourth-order valence-corrected chi connectivity index (χ4v) is 5.01. The van der Waals surface area contributed by atoms with Crippen molar-refractivity contribution in [1.82, 2.24) is 15.4 Å². The average molecular weight is 502 g/mol. The Kier molecular flexibility index (Phi) is 6.74. The molecule has 0 unspecified atom stereocenters. The van der Waals surface area contributed by atoms with Gasteiger partial charge in [-0.2, -0.15) is 5.10 Å². The Labute approximate surface area is 202 Å². The van der Waals surface area contributed by atoms with Crippen molar-refractivity contribution in [3.8, 4) is 17.2 Å². The topological polar surface area (TPSA) is 141 Å². The smallest absolute Gasteiger partial charge is 0.270 e. The molecule has 0 saturated carbocycles. The van der Waals surface area contributed by atoms with E-state index in [2.05, 4.69) is 39.2 Å². The lowest BCUT2D eigenvalue weighted by atomic mass is 10.1. The van der Waals surface area contributed by atoms with Crippen LogP contribution in [0.1, 0.15) is 19.5 Å². The zero-order valence-electron chi connectivity index (χ0n) is 20.0. The first-order valence-corrected chi connectivity index (χ1v) is 12.3. The van der Waals surface area contributed by atoms with E-state index in [0.29, 0.717) is 34.1 Å². The van der Waals surface area contributed by atoms with Crippen molar-refractivity contribution in [3.63, 3.8) is 0 Å². The minimum absolute atomic E-state index is 0.00296. The van der Waals surface area contributed by atoms with E-state index in [1.807, 2.05) is 6.07 Å². The summed E-state index contributed by atoms with van der Waals surface area (Å²) in [6.07, 6.45) is 0.868. The molecular formula is C23H27N5O6S. The van der Waals surface area contributed by atoms with Gasteiger partial charge in [-0.15, -0.1) is 0 Å². The predicted octanol–water partition coefficient (Wildman–Crippen LogP) is 4.32. The van der Waals surface area contributed by atoms with E-state index in [9.17, 15) is 8.42 Å². The zero-order valence-corrected chi connectivity index (χ0v) is 20.8. The van der Waals surface area contributed by atoms with Gasteiger partial charge in [-0.3, -0.25) is 9.82 Å². The number of nitrogens with zero attached hydrogens (tertiary/aromatic N) is 2. The van der Waals surface area contributed by atoms with Crippen LogP contribution in [0.5, 0.6) is 17.2 Å². The molecule has 2 aromatic heterocycles. The molecule has 0 aliphatic heterocycles. The van der Waals surface area contributed by atoms with Gasteiger partial charge in [-0.05, 0) is 30.5 Å². The molecule has 186 valence electrons. The SMILES string of the molecule is COc1cc2c(NS(=O)(=O)c3c(OC)cccc3OC)noc2cc1Nc1cc(CC(C)C)[nH]n1. The fourth-order valence-electron chi connectivity index (χ4n) is 3.67. The van der Waals surface area contributed by atoms with E-state index in [-0.39, 0.29) is 22.2 Å². The van der Waals surface area contributed by atoms with Gasteiger partial charge >= 0.3 is 0 Å². The Hall–Kier alpha value is -3.93. The highest BCUT2D eigenvalue weighted by Crippen LogP contribution is 2.38. The van der Waals surface area contributed by atoms with E-state index < -0.39 is 10.0 Å². The van der Waals surface area contributed by atoms with Gasteiger partial charge in [0.05, 0.1) is 32.4 Å². The van der Waals surface area contributed by atoms with Crippen molar-refractivity contribution < 1.29 is 27.2 Å². The first-order chi connectivity index (χ1) is 16.7. The van der Waals surface area contributed by atoms with Crippen LogP contribution in [0.4, 0.5) is 17.3 Å². The fraction of sp³-hybridized carbons (Fsp3) is 0.304. The molecule has 0 atom stereocenters. The molecule has 0 amide bonds. The molecule has 0 radical (unpaired) electrons. The zero-order chi connectivity index (χ0) is 25.2. The van der Waals surface area contributed by atoms with Gasteiger partial charge in [0.25, 0.3) is 10.0 Å². The number of aromatic nitrogens is 3. The number of hydrogen-bond acceptors (Lipinski definition) is 9. The highest BCUT2D eigenvalue weighted by molar-refractivity contribution is 7.93. The average Bonchev–Trinajstić information content (AvgIpc) is 3.43. The second-order valence-electron chi connectivity index (χ2n) is 8.18. The second kappa shape index (κ2) is 9.74. The third kappa shape index (κ3) is 4.97. The molecule has 3 N–H and O–H groups in total. The van der Waals surface area contributed by atoms with Crippen molar-refractivity contribution in [2.75, 3.05) is 31.4 Å². The number of H-pyrrole nitrogens is 1. The Morgan fingerprint density at radius 3 is 2.34 bits per heavy atom. The number of anilines is 3. The van der Waals surface area contributed by atoms with E-state index in [1.165, 1.54) is 33.5 Å². The summed E-state index contributed by atoms with van der Waals surface area (Å²) < 4.78 is 50.3. The van der Waals surface area contributed by atoms with Crippen molar-refractivity contribution in [2.24, 2.45) is 5.92 Å². The number of fused-ring (bicyclic) bond motifs is 1. The van der Waals surface area contributed by atoms with E-state index in [4.69, 9.17) is 18.7 Å². The lowest BCUT2D eigenvalue weighted by molar-refractivity contribution is 0.373.